The van der Waals surface area contributed by atoms with Crippen molar-refractivity contribution in [1.29, 1.82) is 0 Å². The number of aliphatic hydroxyl groups excluding tert-OH is 2. The van der Waals surface area contributed by atoms with E-state index in [9.17, 15) is 5.11 Å². The van der Waals surface area contributed by atoms with Crippen molar-refractivity contribution in [3.63, 3.8) is 0 Å². The molecule has 0 aromatic heterocycles. The second-order valence-electron chi connectivity index (χ2n) is 3.01. The van der Waals surface area contributed by atoms with Crippen LogP contribution in [0.15, 0.2) is 0 Å². The summed E-state index contributed by atoms with van der Waals surface area (Å²) in [7, 11) is 0. The first-order valence-corrected chi connectivity index (χ1v) is 3.56. The molecule has 0 radical (unpaired) electrons. The molecule has 2 unspecified atom stereocenters. The number of hydrogen-bond donors (Lipinski definition) is 2. The largest absolute Gasteiger partial charge is 0.393 e. The fourth-order valence-electron chi connectivity index (χ4n) is 1.28. The highest BCUT2D eigenvalue weighted by molar-refractivity contribution is 4.75. The molecule has 0 amide bonds. The van der Waals surface area contributed by atoms with Crippen LogP contribution in [0.2, 0.25) is 0 Å². The summed E-state index contributed by atoms with van der Waals surface area (Å²) in [6, 6.07) is 0. The van der Waals surface area contributed by atoms with Gasteiger partial charge in [-0.1, -0.05) is 6.92 Å². The highest BCUT2D eigenvalue weighted by atomic mass is 16.3. The Labute approximate surface area is 55.5 Å². The number of aliphatic hydroxyl groups is 2. The van der Waals surface area contributed by atoms with Gasteiger partial charge in [-0.25, -0.2) is 0 Å². The van der Waals surface area contributed by atoms with Crippen molar-refractivity contribution < 1.29 is 10.2 Å². The van der Waals surface area contributed by atoms with Crippen LogP contribution < -0.4 is 0 Å². The van der Waals surface area contributed by atoms with Gasteiger partial charge in [0.1, 0.15) is 0 Å². The summed E-state index contributed by atoms with van der Waals surface area (Å²) >= 11 is 0. The van der Waals surface area contributed by atoms with E-state index in [-0.39, 0.29) is 12.2 Å². The molecule has 2 nitrogen and oxygen atoms in total. The summed E-state index contributed by atoms with van der Waals surface area (Å²) in [5.41, 5.74) is 0. The Balaban J connectivity index is 2.35. The third-order valence-corrected chi connectivity index (χ3v) is 2.13. The molecule has 3 atom stereocenters. The fraction of sp³-hybridized carbons (Fsp3) is 1.00. The summed E-state index contributed by atoms with van der Waals surface area (Å²) in [5.74, 6) is 0.383. The molecule has 0 bridgehead atoms. The molecular formula is C7H14O2. The SMILES string of the molecule is C[C@@H]1CCC(O)CC1O. The van der Waals surface area contributed by atoms with E-state index in [0.717, 1.165) is 12.8 Å². The minimum absolute atomic E-state index is 0.254. The van der Waals surface area contributed by atoms with Gasteiger partial charge in [-0.05, 0) is 25.2 Å². The molecule has 2 N–H and O–H groups in total. The van der Waals surface area contributed by atoms with E-state index in [1.807, 2.05) is 6.92 Å². The van der Waals surface area contributed by atoms with E-state index in [0.29, 0.717) is 12.3 Å². The zero-order valence-corrected chi connectivity index (χ0v) is 5.75. The molecule has 1 aliphatic carbocycles. The molecule has 54 valence electrons. The maximum Gasteiger partial charge on any atom is 0.0590 e. The standard InChI is InChI=1S/C7H14O2/c1-5-2-3-6(8)4-7(5)9/h5-9H,2-4H2,1H3/t5-,6?,7?/m1/s1. The maximum absolute atomic E-state index is 9.19. The van der Waals surface area contributed by atoms with E-state index in [4.69, 9.17) is 5.11 Å². The van der Waals surface area contributed by atoms with Crippen molar-refractivity contribution in [2.45, 2.75) is 38.4 Å². The average Bonchev–Trinajstić information content (AvgIpc) is 1.80. The lowest BCUT2D eigenvalue weighted by atomic mass is 9.86. The van der Waals surface area contributed by atoms with Gasteiger partial charge in [-0.2, -0.15) is 0 Å². The average molecular weight is 130 g/mol. The summed E-state index contributed by atoms with van der Waals surface area (Å²) in [4.78, 5) is 0. The maximum atomic E-state index is 9.19. The van der Waals surface area contributed by atoms with Gasteiger partial charge in [0.15, 0.2) is 0 Å². The van der Waals surface area contributed by atoms with Gasteiger partial charge >= 0.3 is 0 Å². The summed E-state index contributed by atoms with van der Waals surface area (Å²) in [6.07, 6.45) is 1.87. The Morgan fingerprint density at radius 3 is 2.33 bits per heavy atom. The normalized spacial score (nSPS) is 45.0. The topological polar surface area (TPSA) is 40.5 Å². The predicted octanol–water partition coefficient (Wildman–Crippen LogP) is 0.528. The third-order valence-electron chi connectivity index (χ3n) is 2.13. The van der Waals surface area contributed by atoms with Crippen molar-refractivity contribution in [2.24, 2.45) is 5.92 Å². The van der Waals surface area contributed by atoms with Crippen molar-refractivity contribution >= 4 is 0 Å². The third kappa shape index (κ3) is 1.66. The molecule has 0 saturated heterocycles. The van der Waals surface area contributed by atoms with Crippen LogP contribution in [0.25, 0.3) is 0 Å². The smallest absolute Gasteiger partial charge is 0.0590 e. The van der Waals surface area contributed by atoms with E-state index < -0.39 is 0 Å². The van der Waals surface area contributed by atoms with Crippen LogP contribution in [0.3, 0.4) is 0 Å². The minimum Gasteiger partial charge on any atom is -0.393 e. The zero-order chi connectivity index (χ0) is 6.85. The molecule has 0 aliphatic heterocycles. The van der Waals surface area contributed by atoms with E-state index in [1.54, 1.807) is 0 Å². The second kappa shape index (κ2) is 2.67. The van der Waals surface area contributed by atoms with Crippen LogP contribution >= 0.6 is 0 Å². The van der Waals surface area contributed by atoms with Gasteiger partial charge in [0.2, 0.25) is 0 Å². The predicted molar refractivity (Wildman–Crippen MR) is 35.0 cm³/mol. The molecule has 2 heteroatoms. The van der Waals surface area contributed by atoms with Gasteiger partial charge in [0.05, 0.1) is 12.2 Å². The van der Waals surface area contributed by atoms with E-state index in [2.05, 4.69) is 0 Å². The second-order valence-corrected chi connectivity index (χ2v) is 3.01. The van der Waals surface area contributed by atoms with E-state index in [1.165, 1.54) is 0 Å². The van der Waals surface area contributed by atoms with Crippen molar-refractivity contribution in [2.75, 3.05) is 0 Å². The Morgan fingerprint density at radius 2 is 1.89 bits per heavy atom. The molecule has 1 fully saturated rings. The molecule has 0 heterocycles. The molecule has 0 aromatic rings. The van der Waals surface area contributed by atoms with Gasteiger partial charge in [0, 0.05) is 0 Å². The summed E-state index contributed by atoms with van der Waals surface area (Å²) < 4.78 is 0. The molecular weight excluding hydrogens is 116 g/mol. The van der Waals surface area contributed by atoms with Crippen molar-refractivity contribution in [3.05, 3.63) is 0 Å². The van der Waals surface area contributed by atoms with Gasteiger partial charge in [-0.3, -0.25) is 0 Å². The first kappa shape index (κ1) is 7.03. The molecule has 0 spiro atoms. The summed E-state index contributed by atoms with van der Waals surface area (Å²) in [6.45, 7) is 2.02. The fourth-order valence-corrected chi connectivity index (χ4v) is 1.28. The molecule has 1 aliphatic rings. The Hall–Kier alpha value is -0.0800. The highest BCUT2D eigenvalue weighted by Gasteiger charge is 2.23. The first-order chi connectivity index (χ1) is 4.20. The van der Waals surface area contributed by atoms with Crippen LogP contribution in [-0.4, -0.2) is 22.4 Å². The Morgan fingerprint density at radius 1 is 1.22 bits per heavy atom. The number of rotatable bonds is 0. The Bertz CT molecular complexity index is 92.9. The zero-order valence-electron chi connectivity index (χ0n) is 5.75. The quantitative estimate of drug-likeness (QED) is 0.502. The van der Waals surface area contributed by atoms with Gasteiger partial charge < -0.3 is 10.2 Å². The minimum atomic E-state index is -0.270. The van der Waals surface area contributed by atoms with Crippen LogP contribution in [0.5, 0.6) is 0 Å². The lowest BCUT2D eigenvalue weighted by molar-refractivity contribution is 0.00730. The molecule has 0 aromatic carbocycles. The Kier molecular flexibility index (Phi) is 2.09. The van der Waals surface area contributed by atoms with Crippen LogP contribution in [0.1, 0.15) is 26.2 Å². The van der Waals surface area contributed by atoms with Gasteiger partial charge in [0.25, 0.3) is 0 Å². The molecule has 1 saturated carbocycles. The van der Waals surface area contributed by atoms with Crippen molar-refractivity contribution in [3.8, 4) is 0 Å². The van der Waals surface area contributed by atoms with Crippen LogP contribution in [0.4, 0.5) is 0 Å². The van der Waals surface area contributed by atoms with Crippen LogP contribution in [0, 0.1) is 5.92 Å². The lowest BCUT2D eigenvalue weighted by Gasteiger charge is -2.27. The summed E-state index contributed by atoms with van der Waals surface area (Å²) in [5, 5.41) is 18.2. The van der Waals surface area contributed by atoms with Crippen LogP contribution in [-0.2, 0) is 0 Å². The monoisotopic (exact) mass is 130 g/mol. The van der Waals surface area contributed by atoms with Crippen molar-refractivity contribution in [1.82, 2.24) is 0 Å². The lowest BCUT2D eigenvalue weighted by Crippen LogP contribution is -2.29. The van der Waals surface area contributed by atoms with E-state index >= 15 is 0 Å². The first-order valence-electron chi connectivity index (χ1n) is 3.56. The molecule has 9 heavy (non-hydrogen) atoms. The number of hydrogen-bond acceptors (Lipinski definition) is 2. The molecule has 1 rings (SSSR count). The highest BCUT2D eigenvalue weighted by Crippen LogP contribution is 2.23. The van der Waals surface area contributed by atoms with Gasteiger partial charge in [-0.15, -0.1) is 0 Å².